The number of nitrogens with one attached hydrogen (secondary N) is 1. The topological polar surface area (TPSA) is 66.5 Å². The van der Waals surface area contributed by atoms with Gasteiger partial charge in [0.25, 0.3) is 0 Å². The van der Waals surface area contributed by atoms with Crippen LogP contribution in [0.5, 0.6) is 0 Å². The Bertz CT molecular complexity index is 686. The summed E-state index contributed by atoms with van der Waals surface area (Å²) in [6.45, 7) is 7.17. The molecule has 0 spiro atoms. The van der Waals surface area contributed by atoms with E-state index in [-0.39, 0.29) is 23.3 Å². The highest BCUT2D eigenvalue weighted by molar-refractivity contribution is 7.88. The molecular formula is C19H30N2O3S. The Morgan fingerprint density at radius 3 is 2.56 bits per heavy atom. The highest BCUT2D eigenvalue weighted by Gasteiger charge is 2.31. The van der Waals surface area contributed by atoms with Gasteiger partial charge in [0, 0.05) is 19.1 Å². The van der Waals surface area contributed by atoms with Gasteiger partial charge in [-0.25, -0.2) is 12.7 Å². The van der Waals surface area contributed by atoms with Crippen molar-refractivity contribution in [1.82, 2.24) is 9.62 Å². The molecule has 1 saturated heterocycles. The molecular weight excluding hydrogens is 336 g/mol. The van der Waals surface area contributed by atoms with Crippen LogP contribution in [-0.2, 0) is 20.2 Å². The van der Waals surface area contributed by atoms with E-state index in [0.717, 1.165) is 19.3 Å². The van der Waals surface area contributed by atoms with E-state index in [1.807, 2.05) is 25.1 Å². The van der Waals surface area contributed by atoms with Gasteiger partial charge >= 0.3 is 0 Å². The second-order valence-corrected chi connectivity index (χ2v) is 9.81. The quantitative estimate of drug-likeness (QED) is 0.841. The van der Waals surface area contributed by atoms with Crippen LogP contribution in [-0.4, -0.2) is 44.0 Å². The van der Waals surface area contributed by atoms with Crippen molar-refractivity contribution < 1.29 is 13.2 Å². The lowest BCUT2D eigenvalue weighted by Gasteiger charge is -2.33. The van der Waals surface area contributed by atoms with E-state index in [4.69, 9.17) is 0 Å². The van der Waals surface area contributed by atoms with Crippen LogP contribution in [0.1, 0.15) is 45.6 Å². The molecule has 1 aliphatic heterocycles. The first-order valence-electron chi connectivity index (χ1n) is 8.90. The predicted octanol–water partition coefficient (Wildman–Crippen LogP) is 2.53. The van der Waals surface area contributed by atoms with Gasteiger partial charge in [-0.05, 0) is 37.2 Å². The summed E-state index contributed by atoms with van der Waals surface area (Å²) in [5, 5.41) is 3.09. The SMILES string of the molecule is C[C@H](CC(C)(C)c1ccccc1)NC(=O)[C@@H]1CCCN(S(C)(=O)=O)C1. The monoisotopic (exact) mass is 366 g/mol. The number of amides is 1. The largest absolute Gasteiger partial charge is 0.353 e. The zero-order valence-corrected chi connectivity index (χ0v) is 16.5. The van der Waals surface area contributed by atoms with Crippen LogP contribution >= 0.6 is 0 Å². The molecule has 140 valence electrons. The van der Waals surface area contributed by atoms with Gasteiger partial charge in [-0.2, -0.15) is 0 Å². The minimum Gasteiger partial charge on any atom is -0.353 e. The molecule has 2 atom stereocenters. The van der Waals surface area contributed by atoms with Gasteiger partial charge in [0.05, 0.1) is 12.2 Å². The highest BCUT2D eigenvalue weighted by Crippen LogP contribution is 2.28. The zero-order chi connectivity index (χ0) is 18.7. The van der Waals surface area contributed by atoms with Crippen molar-refractivity contribution in [2.24, 2.45) is 5.92 Å². The third kappa shape index (κ3) is 5.54. The number of sulfonamides is 1. The Balaban J connectivity index is 1.93. The Hall–Kier alpha value is -1.40. The maximum atomic E-state index is 12.6. The van der Waals surface area contributed by atoms with E-state index < -0.39 is 10.0 Å². The number of rotatable bonds is 6. The molecule has 1 N–H and O–H groups in total. The van der Waals surface area contributed by atoms with Crippen LogP contribution in [0.2, 0.25) is 0 Å². The Kier molecular flexibility index (Phi) is 6.27. The van der Waals surface area contributed by atoms with Crippen molar-refractivity contribution in [3.63, 3.8) is 0 Å². The Labute approximate surface area is 151 Å². The predicted molar refractivity (Wildman–Crippen MR) is 101 cm³/mol. The molecule has 0 saturated carbocycles. The van der Waals surface area contributed by atoms with Crippen LogP contribution in [0.25, 0.3) is 0 Å². The molecule has 1 fully saturated rings. The van der Waals surface area contributed by atoms with E-state index in [0.29, 0.717) is 13.1 Å². The number of nitrogens with zero attached hydrogens (tertiary/aromatic N) is 1. The molecule has 0 unspecified atom stereocenters. The Morgan fingerprint density at radius 2 is 1.96 bits per heavy atom. The zero-order valence-electron chi connectivity index (χ0n) is 15.7. The standard InChI is InChI=1S/C19H30N2O3S/c1-15(13-19(2,3)17-10-6-5-7-11-17)20-18(22)16-9-8-12-21(14-16)25(4,23)24/h5-7,10-11,15-16H,8-9,12-14H2,1-4H3,(H,20,22)/t15-,16-/m1/s1. The summed E-state index contributed by atoms with van der Waals surface area (Å²) in [6, 6.07) is 10.3. The van der Waals surface area contributed by atoms with Gasteiger partial charge in [-0.1, -0.05) is 44.2 Å². The lowest BCUT2D eigenvalue weighted by molar-refractivity contribution is -0.126. The second kappa shape index (κ2) is 7.87. The number of benzene rings is 1. The third-order valence-corrected chi connectivity index (χ3v) is 6.25. The van der Waals surface area contributed by atoms with Gasteiger partial charge in [0.2, 0.25) is 15.9 Å². The van der Waals surface area contributed by atoms with Crippen molar-refractivity contribution in [3.05, 3.63) is 35.9 Å². The summed E-state index contributed by atoms with van der Waals surface area (Å²) in [5.41, 5.74) is 1.20. The molecule has 2 rings (SSSR count). The van der Waals surface area contributed by atoms with Crippen LogP contribution in [0.15, 0.2) is 30.3 Å². The smallest absolute Gasteiger partial charge is 0.224 e. The molecule has 1 aliphatic rings. The molecule has 0 bridgehead atoms. The maximum Gasteiger partial charge on any atom is 0.224 e. The first-order chi connectivity index (χ1) is 11.6. The first-order valence-corrected chi connectivity index (χ1v) is 10.8. The fraction of sp³-hybridized carbons (Fsp3) is 0.632. The fourth-order valence-electron chi connectivity index (χ4n) is 3.64. The molecule has 5 nitrogen and oxygen atoms in total. The van der Waals surface area contributed by atoms with Crippen LogP contribution in [0.3, 0.4) is 0 Å². The average molecular weight is 367 g/mol. The molecule has 1 heterocycles. The van der Waals surface area contributed by atoms with E-state index in [9.17, 15) is 13.2 Å². The van der Waals surface area contributed by atoms with E-state index in [2.05, 4.69) is 31.3 Å². The van der Waals surface area contributed by atoms with Crippen LogP contribution < -0.4 is 5.32 Å². The minimum absolute atomic E-state index is 0.0244. The van der Waals surface area contributed by atoms with E-state index in [1.165, 1.54) is 16.1 Å². The van der Waals surface area contributed by atoms with Gasteiger partial charge in [-0.15, -0.1) is 0 Å². The van der Waals surface area contributed by atoms with Crippen molar-refractivity contribution >= 4 is 15.9 Å². The molecule has 0 aromatic heterocycles. The molecule has 0 radical (unpaired) electrons. The first kappa shape index (κ1) is 19.9. The third-order valence-electron chi connectivity index (χ3n) is 4.98. The number of hydrogen-bond donors (Lipinski definition) is 1. The summed E-state index contributed by atoms with van der Waals surface area (Å²) < 4.78 is 24.8. The molecule has 1 amide bonds. The molecule has 1 aromatic carbocycles. The van der Waals surface area contributed by atoms with Gasteiger partial charge < -0.3 is 5.32 Å². The molecule has 0 aliphatic carbocycles. The van der Waals surface area contributed by atoms with Gasteiger partial charge in [0.15, 0.2) is 0 Å². The molecule has 25 heavy (non-hydrogen) atoms. The summed E-state index contributed by atoms with van der Waals surface area (Å²) in [7, 11) is -3.23. The van der Waals surface area contributed by atoms with Crippen molar-refractivity contribution in [3.8, 4) is 0 Å². The number of piperidine rings is 1. The maximum absolute atomic E-state index is 12.6. The summed E-state index contributed by atoms with van der Waals surface area (Å²) in [6.07, 6.45) is 3.51. The average Bonchev–Trinajstić information content (AvgIpc) is 2.54. The highest BCUT2D eigenvalue weighted by atomic mass is 32.2. The lowest BCUT2D eigenvalue weighted by atomic mass is 9.79. The van der Waals surface area contributed by atoms with Gasteiger partial charge in [-0.3, -0.25) is 4.79 Å². The second-order valence-electron chi connectivity index (χ2n) is 7.82. The van der Waals surface area contributed by atoms with Crippen LogP contribution in [0, 0.1) is 5.92 Å². The molecule has 1 aromatic rings. The van der Waals surface area contributed by atoms with Crippen molar-refractivity contribution in [2.45, 2.75) is 51.5 Å². The summed E-state index contributed by atoms with van der Waals surface area (Å²) in [4.78, 5) is 12.6. The number of carbonyl (C=O) groups is 1. The summed E-state index contributed by atoms with van der Waals surface area (Å²) in [5.74, 6) is -0.296. The number of carbonyl (C=O) groups excluding carboxylic acids is 1. The minimum atomic E-state index is -3.23. The normalized spacial score (nSPS) is 20.9. The number of hydrogen-bond acceptors (Lipinski definition) is 3. The van der Waals surface area contributed by atoms with Crippen molar-refractivity contribution in [1.29, 1.82) is 0 Å². The van der Waals surface area contributed by atoms with Gasteiger partial charge in [0.1, 0.15) is 0 Å². The fourth-order valence-corrected chi connectivity index (χ4v) is 4.55. The summed E-state index contributed by atoms with van der Waals surface area (Å²) >= 11 is 0. The van der Waals surface area contributed by atoms with Crippen molar-refractivity contribution in [2.75, 3.05) is 19.3 Å². The van der Waals surface area contributed by atoms with E-state index in [1.54, 1.807) is 0 Å². The lowest BCUT2D eigenvalue weighted by Crippen LogP contribution is -2.47. The van der Waals surface area contributed by atoms with Crippen LogP contribution in [0.4, 0.5) is 0 Å². The molecule has 6 heteroatoms. The Morgan fingerprint density at radius 1 is 1.32 bits per heavy atom. The van der Waals surface area contributed by atoms with E-state index >= 15 is 0 Å².